The van der Waals surface area contributed by atoms with Crippen molar-refractivity contribution in [1.29, 1.82) is 0 Å². The first kappa shape index (κ1) is 11.2. The highest BCUT2D eigenvalue weighted by Gasteiger charge is 2.19. The van der Waals surface area contributed by atoms with Crippen molar-refractivity contribution in [3.63, 3.8) is 0 Å². The molecule has 2 nitrogen and oxygen atoms in total. The molecule has 1 fully saturated rings. The Hall–Kier alpha value is 0.110. The van der Waals surface area contributed by atoms with Crippen LogP contribution in [0.1, 0.15) is 32.6 Å². The molecule has 13 heavy (non-hydrogen) atoms. The molecule has 0 bridgehead atoms. The van der Waals surface area contributed by atoms with E-state index in [1.54, 1.807) is 6.26 Å². The monoisotopic (exact) mass is 203 g/mol. The standard InChI is InChI=1S/C10H21NOS/c1-9(8-10-4-3-5-10)11-6-7-13(2)12/h9-11H,3-8H2,1-2H3. The van der Waals surface area contributed by atoms with Gasteiger partial charge >= 0.3 is 0 Å². The van der Waals surface area contributed by atoms with Gasteiger partial charge in [-0.25, -0.2) is 0 Å². The van der Waals surface area contributed by atoms with Crippen molar-refractivity contribution < 1.29 is 4.21 Å². The molecule has 1 aliphatic rings. The third-order valence-corrected chi connectivity index (χ3v) is 3.57. The molecule has 0 aromatic heterocycles. The first-order chi connectivity index (χ1) is 6.18. The number of hydrogen-bond donors (Lipinski definition) is 1. The fourth-order valence-electron chi connectivity index (χ4n) is 1.76. The third-order valence-electron chi connectivity index (χ3n) is 2.79. The van der Waals surface area contributed by atoms with Crippen LogP contribution in [0, 0.1) is 5.92 Å². The van der Waals surface area contributed by atoms with E-state index in [0.717, 1.165) is 18.2 Å². The van der Waals surface area contributed by atoms with Gasteiger partial charge in [-0.1, -0.05) is 19.3 Å². The van der Waals surface area contributed by atoms with Crippen molar-refractivity contribution in [2.75, 3.05) is 18.6 Å². The lowest BCUT2D eigenvalue weighted by molar-refractivity contribution is 0.267. The molecule has 0 spiro atoms. The van der Waals surface area contributed by atoms with Gasteiger partial charge in [0.25, 0.3) is 0 Å². The Kier molecular flexibility index (Phi) is 4.96. The summed E-state index contributed by atoms with van der Waals surface area (Å²) in [6, 6.07) is 0.605. The second-order valence-corrected chi connectivity index (χ2v) is 5.72. The van der Waals surface area contributed by atoms with Crippen LogP contribution in [-0.2, 0) is 10.8 Å². The summed E-state index contributed by atoms with van der Waals surface area (Å²) >= 11 is 0. The van der Waals surface area contributed by atoms with E-state index in [1.807, 2.05) is 0 Å². The quantitative estimate of drug-likeness (QED) is 0.709. The summed E-state index contributed by atoms with van der Waals surface area (Å²) < 4.78 is 10.8. The molecule has 0 radical (unpaired) electrons. The Morgan fingerprint density at radius 2 is 2.23 bits per heavy atom. The third kappa shape index (κ3) is 4.77. The minimum Gasteiger partial charge on any atom is -0.313 e. The highest BCUT2D eigenvalue weighted by molar-refractivity contribution is 7.84. The van der Waals surface area contributed by atoms with E-state index in [2.05, 4.69) is 12.2 Å². The highest BCUT2D eigenvalue weighted by atomic mass is 32.2. The van der Waals surface area contributed by atoms with E-state index in [9.17, 15) is 4.21 Å². The molecule has 1 N–H and O–H groups in total. The molecular weight excluding hydrogens is 182 g/mol. The van der Waals surface area contributed by atoms with Crippen LogP contribution in [0.15, 0.2) is 0 Å². The number of rotatable bonds is 6. The van der Waals surface area contributed by atoms with E-state index >= 15 is 0 Å². The van der Waals surface area contributed by atoms with Crippen molar-refractivity contribution in [1.82, 2.24) is 5.32 Å². The molecule has 0 amide bonds. The van der Waals surface area contributed by atoms with Crippen molar-refractivity contribution in [2.45, 2.75) is 38.6 Å². The summed E-state index contributed by atoms with van der Waals surface area (Å²) in [5.74, 6) is 1.75. The maximum atomic E-state index is 10.8. The molecular formula is C10H21NOS. The Labute approximate surface area is 83.9 Å². The topological polar surface area (TPSA) is 29.1 Å². The number of nitrogens with one attached hydrogen (secondary N) is 1. The van der Waals surface area contributed by atoms with Crippen LogP contribution in [0.5, 0.6) is 0 Å². The van der Waals surface area contributed by atoms with Crippen molar-refractivity contribution in [3.8, 4) is 0 Å². The fraction of sp³-hybridized carbons (Fsp3) is 1.00. The van der Waals surface area contributed by atoms with Gasteiger partial charge in [0.2, 0.25) is 0 Å². The number of hydrogen-bond acceptors (Lipinski definition) is 2. The summed E-state index contributed by atoms with van der Waals surface area (Å²) in [7, 11) is -0.645. The molecule has 78 valence electrons. The second-order valence-electron chi connectivity index (χ2n) is 4.17. The van der Waals surface area contributed by atoms with E-state index in [-0.39, 0.29) is 0 Å². The summed E-state index contributed by atoms with van der Waals surface area (Å²) in [6.07, 6.45) is 7.34. The molecule has 1 rings (SSSR count). The average molecular weight is 203 g/mol. The molecule has 2 unspecified atom stereocenters. The minimum absolute atomic E-state index is 0.605. The van der Waals surface area contributed by atoms with Gasteiger partial charge in [-0.15, -0.1) is 0 Å². The second kappa shape index (κ2) is 5.76. The molecule has 2 atom stereocenters. The maximum Gasteiger partial charge on any atom is 0.0357 e. The molecule has 1 saturated carbocycles. The lowest BCUT2D eigenvalue weighted by Gasteiger charge is -2.28. The zero-order chi connectivity index (χ0) is 9.68. The lowest BCUT2D eigenvalue weighted by Crippen LogP contribution is -2.32. The van der Waals surface area contributed by atoms with Gasteiger partial charge in [0.05, 0.1) is 0 Å². The largest absolute Gasteiger partial charge is 0.313 e. The summed E-state index contributed by atoms with van der Waals surface area (Å²) in [4.78, 5) is 0. The highest BCUT2D eigenvalue weighted by Crippen LogP contribution is 2.30. The van der Waals surface area contributed by atoms with Gasteiger partial charge in [-0.05, 0) is 19.3 Å². The van der Waals surface area contributed by atoms with Crippen LogP contribution < -0.4 is 5.32 Å². The van der Waals surface area contributed by atoms with Crippen LogP contribution in [0.25, 0.3) is 0 Å². The molecule has 0 saturated heterocycles. The van der Waals surface area contributed by atoms with Crippen LogP contribution in [0.4, 0.5) is 0 Å². The van der Waals surface area contributed by atoms with E-state index in [4.69, 9.17) is 0 Å². The van der Waals surface area contributed by atoms with E-state index in [0.29, 0.717) is 6.04 Å². The van der Waals surface area contributed by atoms with Crippen molar-refractivity contribution in [3.05, 3.63) is 0 Å². The van der Waals surface area contributed by atoms with Gasteiger partial charge in [0.1, 0.15) is 0 Å². The first-order valence-electron chi connectivity index (χ1n) is 5.22. The van der Waals surface area contributed by atoms with Crippen LogP contribution >= 0.6 is 0 Å². The lowest BCUT2D eigenvalue weighted by atomic mass is 9.81. The van der Waals surface area contributed by atoms with Gasteiger partial charge in [0.15, 0.2) is 0 Å². The molecule has 0 aromatic carbocycles. The molecule has 0 aromatic rings. The SMILES string of the molecule is CC(CC1CCC1)NCCS(C)=O. The van der Waals surface area contributed by atoms with Gasteiger partial charge in [-0.2, -0.15) is 0 Å². The Balaban J connectivity index is 1.96. The summed E-state index contributed by atoms with van der Waals surface area (Å²) in [5.41, 5.74) is 0. The Morgan fingerprint density at radius 1 is 1.54 bits per heavy atom. The zero-order valence-corrected chi connectivity index (χ0v) is 9.53. The van der Waals surface area contributed by atoms with Crippen molar-refractivity contribution in [2.24, 2.45) is 5.92 Å². The Morgan fingerprint density at radius 3 is 2.69 bits per heavy atom. The van der Waals surface area contributed by atoms with Crippen LogP contribution in [-0.4, -0.2) is 28.8 Å². The Bertz CT molecular complexity index is 168. The fourth-order valence-corrected chi connectivity index (χ4v) is 2.17. The van der Waals surface area contributed by atoms with E-state index in [1.165, 1.54) is 25.7 Å². The van der Waals surface area contributed by atoms with Crippen LogP contribution in [0.2, 0.25) is 0 Å². The first-order valence-corrected chi connectivity index (χ1v) is 6.94. The van der Waals surface area contributed by atoms with Crippen molar-refractivity contribution >= 4 is 10.8 Å². The molecule has 0 heterocycles. The van der Waals surface area contributed by atoms with Gasteiger partial charge < -0.3 is 5.32 Å². The predicted molar refractivity (Wildman–Crippen MR) is 58.4 cm³/mol. The molecule has 1 aliphatic carbocycles. The predicted octanol–water partition coefficient (Wildman–Crippen LogP) is 1.53. The summed E-state index contributed by atoms with van der Waals surface area (Å²) in [5, 5.41) is 3.42. The smallest absolute Gasteiger partial charge is 0.0357 e. The average Bonchev–Trinajstić information content (AvgIpc) is 1.96. The maximum absolute atomic E-state index is 10.8. The molecule has 0 aliphatic heterocycles. The van der Waals surface area contributed by atoms with Gasteiger partial charge in [0, 0.05) is 35.4 Å². The van der Waals surface area contributed by atoms with Crippen LogP contribution in [0.3, 0.4) is 0 Å². The normalized spacial score (nSPS) is 22.3. The van der Waals surface area contributed by atoms with Gasteiger partial charge in [-0.3, -0.25) is 4.21 Å². The zero-order valence-electron chi connectivity index (χ0n) is 8.71. The minimum atomic E-state index is -0.645. The van der Waals surface area contributed by atoms with E-state index < -0.39 is 10.8 Å². The molecule has 3 heteroatoms. The summed E-state index contributed by atoms with van der Waals surface area (Å²) in [6.45, 7) is 3.13.